The predicted molar refractivity (Wildman–Crippen MR) is 79.8 cm³/mol. The molecule has 1 atom stereocenters. The monoisotopic (exact) mass is 286 g/mol. The molecule has 3 rings (SSSR count). The van der Waals surface area contributed by atoms with E-state index in [2.05, 4.69) is 0 Å². The van der Waals surface area contributed by atoms with E-state index in [9.17, 15) is 9.50 Å². The van der Waals surface area contributed by atoms with E-state index in [0.717, 1.165) is 41.7 Å². The fourth-order valence-electron chi connectivity index (χ4n) is 2.82. The number of hydrogen-bond acceptors (Lipinski definition) is 2. The quantitative estimate of drug-likeness (QED) is 0.921. The van der Waals surface area contributed by atoms with Gasteiger partial charge in [0.15, 0.2) is 0 Å². The van der Waals surface area contributed by atoms with E-state index in [0.29, 0.717) is 6.61 Å². The lowest BCUT2D eigenvalue weighted by Crippen LogP contribution is -2.09. The third-order valence-corrected chi connectivity index (χ3v) is 4.10. The van der Waals surface area contributed by atoms with Gasteiger partial charge in [0.25, 0.3) is 0 Å². The van der Waals surface area contributed by atoms with Gasteiger partial charge in [-0.2, -0.15) is 0 Å². The lowest BCUT2D eigenvalue weighted by atomic mass is 9.89. The minimum atomic E-state index is -0.384. The van der Waals surface area contributed by atoms with Gasteiger partial charge in [-0.15, -0.1) is 0 Å². The summed E-state index contributed by atoms with van der Waals surface area (Å²) in [5.74, 6) is 0.520. The van der Waals surface area contributed by atoms with Gasteiger partial charge in [0, 0.05) is 0 Å². The maximum absolute atomic E-state index is 13.1. The van der Waals surface area contributed by atoms with Crippen molar-refractivity contribution in [2.75, 3.05) is 0 Å². The normalized spacial score (nSPS) is 17.4. The fourth-order valence-corrected chi connectivity index (χ4v) is 2.82. The highest BCUT2D eigenvalue weighted by Crippen LogP contribution is 2.32. The molecule has 2 nitrogen and oxygen atoms in total. The number of ether oxygens (including phenoxy) is 1. The van der Waals surface area contributed by atoms with E-state index in [1.54, 1.807) is 6.07 Å². The molecule has 110 valence electrons. The van der Waals surface area contributed by atoms with Gasteiger partial charge in [-0.25, -0.2) is 4.39 Å². The standard InChI is InChI=1S/C18H19FO2/c1-12-9-15(19)7-5-14(12)11-21-16-8-6-13-3-2-4-18(20)17(13)10-16/h5-10,18,20H,2-4,11H2,1H3. The van der Waals surface area contributed by atoms with Crippen molar-refractivity contribution in [3.63, 3.8) is 0 Å². The van der Waals surface area contributed by atoms with Crippen LogP contribution >= 0.6 is 0 Å². The first kappa shape index (κ1) is 14.1. The van der Waals surface area contributed by atoms with E-state index in [4.69, 9.17) is 4.74 Å². The molecule has 1 N–H and O–H groups in total. The zero-order valence-electron chi connectivity index (χ0n) is 12.1. The van der Waals surface area contributed by atoms with Crippen molar-refractivity contribution in [2.24, 2.45) is 0 Å². The maximum Gasteiger partial charge on any atom is 0.123 e. The van der Waals surface area contributed by atoms with Crippen LogP contribution < -0.4 is 4.74 Å². The third-order valence-electron chi connectivity index (χ3n) is 4.10. The first-order valence-electron chi connectivity index (χ1n) is 7.32. The molecule has 0 saturated carbocycles. The Bertz CT molecular complexity index is 652. The van der Waals surface area contributed by atoms with Crippen LogP contribution in [0.25, 0.3) is 0 Å². The van der Waals surface area contributed by atoms with E-state index < -0.39 is 0 Å². The predicted octanol–water partition coefficient (Wildman–Crippen LogP) is 4.08. The number of aliphatic hydroxyl groups excluding tert-OH is 1. The number of aliphatic hydroxyl groups is 1. The van der Waals surface area contributed by atoms with Crippen molar-refractivity contribution in [2.45, 2.75) is 38.9 Å². The van der Waals surface area contributed by atoms with Gasteiger partial charge in [-0.1, -0.05) is 12.1 Å². The van der Waals surface area contributed by atoms with Gasteiger partial charge in [0.05, 0.1) is 6.10 Å². The van der Waals surface area contributed by atoms with Gasteiger partial charge in [0.2, 0.25) is 0 Å². The van der Waals surface area contributed by atoms with Crippen LogP contribution in [0.3, 0.4) is 0 Å². The summed E-state index contributed by atoms with van der Waals surface area (Å²) in [6, 6.07) is 10.6. The van der Waals surface area contributed by atoms with Gasteiger partial charge in [0.1, 0.15) is 18.2 Å². The van der Waals surface area contributed by atoms with Crippen molar-refractivity contribution >= 4 is 0 Å². The van der Waals surface area contributed by atoms with Crippen molar-refractivity contribution in [1.82, 2.24) is 0 Å². The second-order valence-electron chi connectivity index (χ2n) is 5.63. The molecule has 3 heteroatoms. The average molecular weight is 286 g/mol. The second-order valence-corrected chi connectivity index (χ2v) is 5.63. The molecule has 0 heterocycles. The van der Waals surface area contributed by atoms with Gasteiger partial charge >= 0.3 is 0 Å². The largest absolute Gasteiger partial charge is 0.489 e. The lowest BCUT2D eigenvalue weighted by molar-refractivity contribution is 0.156. The zero-order chi connectivity index (χ0) is 14.8. The minimum Gasteiger partial charge on any atom is -0.489 e. The summed E-state index contributed by atoms with van der Waals surface area (Å²) in [5.41, 5.74) is 4.04. The Balaban J connectivity index is 1.75. The SMILES string of the molecule is Cc1cc(F)ccc1COc1ccc2c(c1)C(O)CCC2. The minimum absolute atomic E-state index is 0.229. The van der Waals surface area contributed by atoms with E-state index in [-0.39, 0.29) is 11.9 Å². The zero-order valence-corrected chi connectivity index (χ0v) is 12.1. The number of halogens is 1. The Kier molecular flexibility index (Phi) is 3.93. The molecule has 0 bridgehead atoms. The van der Waals surface area contributed by atoms with Crippen molar-refractivity contribution in [3.8, 4) is 5.75 Å². The van der Waals surface area contributed by atoms with Crippen LogP contribution in [0.4, 0.5) is 4.39 Å². The summed E-state index contributed by atoms with van der Waals surface area (Å²) in [4.78, 5) is 0. The van der Waals surface area contributed by atoms with Crippen LogP contribution in [-0.4, -0.2) is 5.11 Å². The van der Waals surface area contributed by atoms with Crippen molar-refractivity contribution in [1.29, 1.82) is 0 Å². The van der Waals surface area contributed by atoms with Crippen LogP contribution in [-0.2, 0) is 13.0 Å². The number of rotatable bonds is 3. The molecule has 1 aliphatic rings. The fraction of sp³-hybridized carbons (Fsp3) is 0.333. The molecular weight excluding hydrogens is 267 g/mol. The molecule has 21 heavy (non-hydrogen) atoms. The lowest BCUT2D eigenvalue weighted by Gasteiger charge is -2.22. The molecule has 0 spiro atoms. The molecule has 0 aliphatic heterocycles. The third kappa shape index (κ3) is 3.08. The Labute approximate surface area is 124 Å². The van der Waals surface area contributed by atoms with Crippen LogP contribution in [0.15, 0.2) is 36.4 Å². The van der Waals surface area contributed by atoms with E-state index in [1.165, 1.54) is 17.7 Å². The molecule has 0 radical (unpaired) electrons. The van der Waals surface area contributed by atoms with Crippen LogP contribution in [0, 0.1) is 12.7 Å². The molecule has 2 aromatic carbocycles. The van der Waals surface area contributed by atoms with Gasteiger partial charge < -0.3 is 9.84 Å². The smallest absolute Gasteiger partial charge is 0.123 e. The van der Waals surface area contributed by atoms with Crippen molar-refractivity contribution < 1.29 is 14.2 Å². The molecule has 0 fully saturated rings. The summed E-state index contributed by atoms with van der Waals surface area (Å²) in [5, 5.41) is 10.0. The summed E-state index contributed by atoms with van der Waals surface area (Å²) in [6.45, 7) is 2.28. The molecule has 2 aromatic rings. The molecule has 1 unspecified atom stereocenters. The number of aryl methyl sites for hydroxylation is 2. The molecule has 0 aromatic heterocycles. The van der Waals surface area contributed by atoms with Gasteiger partial charge in [-0.05, 0) is 72.7 Å². The second kappa shape index (κ2) is 5.86. The van der Waals surface area contributed by atoms with Crippen LogP contribution in [0.2, 0.25) is 0 Å². The number of benzene rings is 2. The van der Waals surface area contributed by atoms with Gasteiger partial charge in [-0.3, -0.25) is 0 Å². The first-order valence-corrected chi connectivity index (χ1v) is 7.32. The summed E-state index contributed by atoms with van der Waals surface area (Å²) < 4.78 is 18.9. The number of hydrogen-bond donors (Lipinski definition) is 1. The topological polar surface area (TPSA) is 29.5 Å². The van der Waals surface area contributed by atoms with Crippen molar-refractivity contribution in [3.05, 3.63) is 64.5 Å². The Morgan fingerprint density at radius 2 is 2.10 bits per heavy atom. The summed E-state index contributed by atoms with van der Waals surface area (Å²) in [6.07, 6.45) is 2.48. The summed E-state index contributed by atoms with van der Waals surface area (Å²) in [7, 11) is 0. The Morgan fingerprint density at radius 3 is 2.90 bits per heavy atom. The highest BCUT2D eigenvalue weighted by Gasteiger charge is 2.18. The first-order chi connectivity index (χ1) is 10.1. The summed E-state index contributed by atoms with van der Waals surface area (Å²) >= 11 is 0. The van der Waals surface area contributed by atoms with Crippen LogP contribution in [0.1, 0.15) is 41.2 Å². The molecule has 0 amide bonds. The number of fused-ring (bicyclic) bond motifs is 1. The van der Waals surface area contributed by atoms with E-state index >= 15 is 0 Å². The molecular formula is C18H19FO2. The van der Waals surface area contributed by atoms with E-state index in [1.807, 2.05) is 25.1 Å². The Morgan fingerprint density at radius 1 is 1.24 bits per heavy atom. The highest BCUT2D eigenvalue weighted by atomic mass is 19.1. The maximum atomic E-state index is 13.1. The van der Waals surface area contributed by atoms with Crippen LogP contribution in [0.5, 0.6) is 5.75 Å². The molecule has 0 saturated heterocycles. The Hall–Kier alpha value is -1.87. The molecule has 1 aliphatic carbocycles. The average Bonchev–Trinajstić information content (AvgIpc) is 2.47. The highest BCUT2D eigenvalue weighted by molar-refractivity contribution is 5.38.